The molecule has 10 heteroatoms. The monoisotopic (exact) mass is 339 g/mol. The summed E-state index contributed by atoms with van der Waals surface area (Å²) < 4.78 is 41.1. The molecule has 0 radical (unpaired) electrons. The van der Waals surface area contributed by atoms with Crippen molar-refractivity contribution in [1.29, 1.82) is 0 Å². The Morgan fingerprint density at radius 1 is 1.12 bits per heavy atom. The normalized spacial score (nSPS) is 12.0. The number of nitrogens with one attached hydrogen (secondary N) is 1. The molecule has 0 saturated heterocycles. The molecule has 0 aliphatic heterocycles. The van der Waals surface area contributed by atoms with Gasteiger partial charge >= 0.3 is 6.18 Å². The van der Waals surface area contributed by atoms with Crippen molar-refractivity contribution < 1.29 is 13.2 Å². The van der Waals surface area contributed by atoms with Gasteiger partial charge in [0.1, 0.15) is 5.82 Å². The minimum Gasteiger partial charge on any atom is -0.369 e. The van der Waals surface area contributed by atoms with Crippen LogP contribution in [-0.4, -0.2) is 36.1 Å². The highest BCUT2D eigenvalue weighted by Crippen LogP contribution is 2.27. The van der Waals surface area contributed by atoms with E-state index in [0.29, 0.717) is 16.9 Å². The van der Waals surface area contributed by atoms with Crippen LogP contribution in [0.3, 0.4) is 0 Å². The summed E-state index contributed by atoms with van der Waals surface area (Å²) >= 11 is 0. The van der Waals surface area contributed by atoms with Crippen LogP contribution < -0.4 is 5.32 Å². The fourth-order valence-corrected chi connectivity index (χ4v) is 2.41. The van der Waals surface area contributed by atoms with E-state index in [1.165, 1.54) is 6.07 Å². The van der Waals surface area contributed by atoms with E-state index in [0.717, 1.165) is 24.4 Å². The molecule has 0 aliphatic rings. The molecule has 24 heavy (non-hydrogen) atoms. The maximum absolute atomic E-state index is 12.8. The molecule has 3 aromatic rings. The lowest BCUT2D eigenvalue weighted by molar-refractivity contribution is -0.146. The molecule has 0 spiro atoms. The highest BCUT2D eigenvalue weighted by molar-refractivity contribution is 5.44. The molecule has 0 bridgehead atoms. The predicted molar refractivity (Wildman–Crippen MR) is 80.6 cm³/mol. The van der Waals surface area contributed by atoms with Crippen molar-refractivity contribution in [2.45, 2.75) is 33.0 Å². The molecule has 0 aromatic carbocycles. The van der Waals surface area contributed by atoms with Crippen LogP contribution >= 0.6 is 0 Å². The van der Waals surface area contributed by atoms with Crippen molar-refractivity contribution in [3.05, 3.63) is 35.4 Å². The third-order valence-corrected chi connectivity index (χ3v) is 3.47. The zero-order chi connectivity index (χ0) is 17.3. The van der Waals surface area contributed by atoms with Gasteiger partial charge in [-0.1, -0.05) is 0 Å². The first-order chi connectivity index (χ1) is 11.3. The van der Waals surface area contributed by atoms with Gasteiger partial charge in [0.05, 0.1) is 5.69 Å². The molecule has 128 valence electrons. The Kier molecular flexibility index (Phi) is 4.12. The smallest absolute Gasteiger partial charge is 0.369 e. The molecular weight excluding hydrogens is 323 g/mol. The Labute approximate surface area is 135 Å². The second-order valence-corrected chi connectivity index (χ2v) is 5.44. The molecular formula is C14H16F3N7. The molecule has 0 unspecified atom stereocenters. The minimum absolute atomic E-state index is 0.0514. The number of halogens is 3. The summed E-state index contributed by atoms with van der Waals surface area (Å²) in [6.45, 7) is 5.18. The summed E-state index contributed by atoms with van der Waals surface area (Å²) in [4.78, 5) is 0. The summed E-state index contributed by atoms with van der Waals surface area (Å²) in [5, 5.41) is 17.9. The minimum atomic E-state index is -4.60. The first kappa shape index (κ1) is 16.2. The van der Waals surface area contributed by atoms with Crippen molar-refractivity contribution >= 4 is 11.5 Å². The molecule has 3 heterocycles. The fourth-order valence-electron chi connectivity index (χ4n) is 2.41. The van der Waals surface area contributed by atoms with Gasteiger partial charge in [0.15, 0.2) is 5.65 Å². The van der Waals surface area contributed by atoms with Crippen LogP contribution in [0.5, 0.6) is 0 Å². The lowest BCUT2D eigenvalue weighted by atomic mass is 10.4. The van der Waals surface area contributed by atoms with E-state index in [1.54, 1.807) is 6.07 Å². The van der Waals surface area contributed by atoms with Crippen molar-refractivity contribution in [3.63, 3.8) is 0 Å². The zero-order valence-electron chi connectivity index (χ0n) is 13.2. The molecule has 0 amide bonds. The summed E-state index contributed by atoms with van der Waals surface area (Å²) in [6.07, 6.45) is -3.84. The second kappa shape index (κ2) is 6.10. The molecule has 3 rings (SSSR count). The highest BCUT2D eigenvalue weighted by atomic mass is 19.4. The number of nitrogens with zero attached hydrogens (tertiary/aromatic N) is 6. The summed E-state index contributed by atoms with van der Waals surface area (Å²) in [5.41, 5.74) is 2.08. The van der Waals surface area contributed by atoms with Crippen LogP contribution in [0.25, 0.3) is 5.65 Å². The summed E-state index contributed by atoms with van der Waals surface area (Å²) in [6, 6.07) is 5.01. The van der Waals surface area contributed by atoms with Crippen LogP contribution in [0.4, 0.5) is 19.0 Å². The lowest BCUT2D eigenvalue weighted by Gasteiger charge is -2.08. The van der Waals surface area contributed by atoms with E-state index < -0.39 is 12.0 Å². The quantitative estimate of drug-likeness (QED) is 0.723. The molecule has 0 aliphatic carbocycles. The summed E-state index contributed by atoms with van der Waals surface area (Å²) in [7, 11) is 0. The van der Waals surface area contributed by atoms with Crippen LogP contribution in [0.1, 0.15) is 23.6 Å². The predicted octanol–water partition coefficient (Wildman–Crippen LogP) is 2.46. The maximum atomic E-state index is 12.8. The number of aryl methyl sites for hydroxylation is 3. The van der Waals surface area contributed by atoms with E-state index in [-0.39, 0.29) is 5.65 Å². The number of rotatable bonds is 5. The number of alkyl halides is 3. The van der Waals surface area contributed by atoms with Gasteiger partial charge in [0, 0.05) is 18.8 Å². The van der Waals surface area contributed by atoms with Crippen molar-refractivity contribution in [3.8, 4) is 0 Å². The Hall–Kier alpha value is -2.65. The van der Waals surface area contributed by atoms with Crippen LogP contribution in [0, 0.1) is 13.8 Å². The number of hydrogen-bond acceptors (Lipinski definition) is 5. The Morgan fingerprint density at radius 3 is 2.58 bits per heavy atom. The molecule has 0 saturated carbocycles. The third kappa shape index (κ3) is 3.31. The number of fused-ring (bicyclic) bond motifs is 1. The standard InChI is InChI=1S/C14H16F3N7/c1-9-8-10(2)23(21-9)7-3-6-18-11-4-5-12-19-20-13(14(15,16)17)24(12)22-11/h4-5,8H,3,6-7H2,1-2H3,(H,18,22). The van der Waals surface area contributed by atoms with E-state index in [9.17, 15) is 13.2 Å². The topological polar surface area (TPSA) is 72.9 Å². The Morgan fingerprint density at radius 2 is 1.92 bits per heavy atom. The number of aromatic nitrogens is 6. The van der Waals surface area contributed by atoms with Crippen LogP contribution in [0.15, 0.2) is 18.2 Å². The van der Waals surface area contributed by atoms with Gasteiger partial charge in [-0.2, -0.15) is 22.8 Å². The Balaban J connectivity index is 1.64. The lowest BCUT2D eigenvalue weighted by Crippen LogP contribution is -2.14. The maximum Gasteiger partial charge on any atom is 0.453 e. The number of hydrogen-bond donors (Lipinski definition) is 1. The van der Waals surface area contributed by atoms with Crippen molar-refractivity contribution in [2.24, 2.45) is 0 Å². The van der Waals surface area contributed by atoms with Gasteiger partial charge in [-0.25, -0.2) is 0 Å². The molecule has 1 N–H and O–H groups in total. The van der Waals surface area contributed by atoms with E-state index in [1.807, 2.05) is 24.6 Å². The van der Waals surface area contributed by atoms with Crippen molar-refractivity contribution in [1.82, 2.24) is 29.6 Å². The first-order valence-corrected chi connectivity index (χ1v) is 7.39. The first-order valence-electron chi connectivity index (χ1n) is 7.39. The van der Waals surface area contributed by atoms with Crippen LogP contribution in [0.2, 0.25) is 0 Å². The molecule has 7 nitrogen and oxygen atoms in total. The van der Waals surface area contributed by atoms with E-state index in [4.69, 9.17) is 0 Å². The van der Waals surface area contributed by atoms with Gasteiger partial charge in [0.2, 0.25) is 0 Å². The SMILES string of the molecule is Cc1cc(C)n(CCCNc2ccc3nnc(C(F)(F)F)n3n2)n1. The second-order valence-electron chi connectivity index (χ2n) is 5.44. The average molecular weight is 339 g/mol. The van der Waals surface area contributed by atoms with Gasteiger partial charge < -0.3 is 5.32 Å². The number of anilines is 1. The molecule has 0 fully saturated rings. The third-order valence-electron chi connectivity index (χ3n) is 3.47. The van der Waals surface area contributed by atoms with Crippen molar-refractivity contribution in [2.75, 3.05) is 11.9 Å². The van der Waals surface area contributed by atoms with Crippen LogP contribution in [-0.2, 0) is 12.7 Å². The fraction of sp³-hybridized carbons (Fsp3) is 0.429. The summed E-state index contributed by atoms with van der Waals surface area (Å²) in [5.74, 6) is -0.801. The Bertz CT molecular complexity index is 850. The van der Waals surface area contributed by atoms with E-state index in [2.05, 4.69) is 25.7 Å². The van der Waals surface area contributed by atoms with E-state index >= 15 is 0 Å². The molecule has 0 atom stereocenters. The highest BCUT2D eigenvalue weighted by Gasteiger charge is 2.37. The molecule has 3 aromatic heterocycles. The van der Waals surface area contributed by atoms with Gasteiger partial charge in [-0.3, -0.25) is 4.68 Å². The van der Waals surface area contributed by atoms with Gasteiger partial charge in [-0.15, -0.1) is 15.3 Å². The van der Waals surface area contributed by atoms with Gasteiger partial charge in [0.25, 0.3) is 5.82 Å². The average Bonchev–Trinajstić information content (AvgIpc) is 3.06. The largest absolute Gasteiger partial charge is 0.453 e. The zero-order valence-corrected chi connectivity index (χ0v) is 13.2. The van der Waals surface area contributed by atoms with Gasteiger partial charge in [-0.05, 0) is 38.5 Å².